The number of piperazine rings is 1. The van der Waals surface area contributed by atoms with Crippen LogP contribution in [0.5, 0.6) is 0 Å². The van der Waals surface area contributed by atoms with Gasteiger partial charge < -0.3 is 29.2 Å². The first-order chi connectivity index (χ1) is 60.3. The van der Waals surface area contributed by atoms with Crippen LogP contribution in [0.4, 0.5) is 0 Å². The quantitative estimate of drug-likeness (QED) is 0.249. The summed E-state index contributed by atoms with van der Waals surface area (Å²) in [6, 6.07) is 0. The smallest absolute Gasteiger partial charge is 0.0995 e. The molecule has 0 bridgehead atoms. The second-order valence-electron chi connectivity index (χ2n) is 51.8. The van der Waals surface area contributed by atoms with Crippen molar-refractivity contribution in [3.05, 3.63) is 0 Å². The zero-order valence-electron chi connectivity index (χ0n) is 95.7. The van der Waals surface area contributed by atoms with E-state index in [-0.39, 0.29) is 11.1 Å². The Hall–Kier alpha value is 0.290. The van der Waals surface area contributed by atoms with Crippen LogP contribution in [0.25, 0.3) is 0 Å². The van der Waals surface area contributed by atoms with Crippen LogP contribution in [0.1, 0.15) is 366 Å². The highest BCUT2D eigenvalue weighted by molar-refractivity contribution is 7.99. The minimum atomic E-state index is 0.268. The van der Waals surface area contributed by atoms with Gasteiger partial charge in [-0.1, -0.05) is 12.8 Å². The second kappa shape index (κ2) is 64.1. The third kappa shape index (κ3) is 63.1. The Kier molecular flexibility index (Phi) is 63.3. The summed E-state index contributed by atoms with van der Waals surface area (Å²) >= 11 is 6.20. The van der Waals surface area contributed by atoms with Gasteiger partial charge in [-0.3, -0.25) is 63.7 Å². The molecular formula is C109H233N15O4S3. The van der Waals surface area contributed by atoms with E-state index in [0.717, 1.165) is 85.8 Å². The Morgan fingerprint density at radius 1 is 0.168 bits per heavy atom. The summed E-state index contributed by atoms with van der Waals surface area (Å²) in [6.07, 6.45) is 20.4. The van der Waals surface area contributed by atoms with E-state index in [9.17, 15) is 0 Å². The molecule has 786 valence electrons. The van der Waals surface area contributed by atoms with Crippen molar-refractivity contribution >= 4 is 35.3 Å². The van der Waals surface area contributed by atoms with Gasteiger partial charge in [0.1, 0.15) is 0 Å². The predicted octanol–water partition coefficient (Wildman–Crippen LogP) is 21.8. The van der Waals surface area contributed by atoms with Gasteiger partial charge in [-0.25, -0.2) is 0 Å². The van der Waals surface area contributed by atoms with Crippen LogP contribution in [0.15, 0.2) is 0 Å². The SMILES string of the molecule is CC(C)(C)N1CCCC1.CC(C)(C)N1CCCC1.CC(C)(C)N1CCCCC1.CC(C)(C)N1CCCCC1.CC(C)(C)N1CCCCOC1.CC(C)(C)N1CCCNCC1.CC(C)(C)N1CCCOCC1.CC(C)(C)N1CCCSCC1.CC(C)(C)N1CCOC1.CC(C)(C)N1CCOCC1.CC(C)(C)N1CCSC1.CC(C)(C)N1CCSCC1.CN1CCN(C(C)(C)C)CC1. The predicted molar refractivity (Wildman–Crippen MR) is 588 cm³/mol. The molecule has 0 aromatic carbocycles. The van der Waals surface area contributed by atoms with Crippen molar-refractivity contribution < 1.29 is 18.9 Å². The van der Waals surface area contributed by atoms with Crippen LogP contribution in [-0.2, 0) is 18.9 Å². The molecule has 13 heterocycles. The van der Waals surface area contributed by atoms with Gasteiger partial charge in [0.2, 0.25) is 0 Å². The maximum atomic E-state index is 5.46. The number of rotatable bonds is 0. The lowest BCUT2D eigenvalue weighted by Crippen LogP contribution is -2.52. The van der Waals surface area contributed by atoms with E-state index in [2.05, 4.69) is 375 Å². The molecule has 0 aromatic rings. The van der Waals surface area contributed by atoms with Crippen LogP contribution in [-0.4, -0.2) is 412 Å². The summed E-state index contributed by atoms with van der Waals surface area (Å²) in [4.78, 5) is 35.1. The number of hydrogen-bond donors (Lipinski definition) is 1. The van der Waals surface area contributed by atoms with Crippen LogP contribution in [0, 0.1) is 0 Å². The fourth-order valence-corrected chi connectivity index (χ4v) is 20.4. The normalized spacial score (nSPS) is 23.2. The number of nitrogens with zero attached hydrogens (tertiary/aromatic N) is 14. The Morgan fingerprint density at radius 2 is 0.397 bits per heavy atom. The fraction of sp³-hybridized carbons (Fsp3) is 1.00. The first-order valence-corrected chi connectivity index (χ1v) is 56.9. The molecule has 22 heteroatoms. The van der Waals surface area contributed by atoms with E-state index >= 15 is 0 Å². The summed E-state index contributed by atoms with van der Waals surface area (Å²) in [6.45, 7) is 129. The average Bonchev–Trinajstić information content (AvgIpc) is 1.36. The number of hydrogen-bond acceptors (Lipinski definition) is 22. The molecule has 0 aliphatic carbocycles. The summed E-state index contributed by atoms with van der Waals surface area (Å²) in [5.74, 6) is 7.85. The largest absolute Gasteiger partial charge is 0.380 e. The summed E-state index contributed by atoms with van der Waals surface area (Å²) in [5, 5.41) is 3.41. The number of likely N-dealkylation sites (tertiary alicyclic amines) is 4. The molecule has 0 spiro atoms. The van der Waals surface area contributed by atoms with Crippen molar-refractivity contribution in [3.63, 3.8) is 0 Å². The molecule has 1 N–H and O–H groups in total. The summed E-state index contributed by atoms with van der Waals surface area (Å²) in [7, 11) is 2.19. The monoisotopic (exact) mass is 1910 g/mol. The van der Waals surface area contributed by atoms with Gasteiger partial charge in [-0.05, 0) is 438 Å². The molecule has 0 radical (unpaired) electrons. The molecule has 13 aliphatic heterocycles. The number of thioether (sulfide) groups is 3. The lowest BCUT2D eigenvalue weighted by molar-refractivity contribution is -0.00389. The Morgan fingerprint density at radius 3 is 0.725 bits per heavy atom. The first kappa shape index (κ1) is 129. The molecule has 131 heavy (non-hydrogen) atoms. The highest BCUT2D eigenvalue weighted by atomic mass is 32.2. The van der Waals surface area contributed by atoms with E-state index in [1.807, 2.05) is 11.8 Å². The lowest BCUT2D eigenvalue weighted by atomic mass is 10.0. The van der Waals surface area contributed by atoms with Crippen molar-refractivity contribution in [1.29, 1.82) is 0 Å². The zero-order chi connectivity index (χ0) is 99.8. The highest BCUT2D eigenvalue weighted by Crippen LogP contribution is 2.28. The number of piperidine rings is 2. The third-order valence-electron chi connectivity index (χ3n) is 27.3. The highest BCUT2D eigenvalue weighted by Gasteiger charge is 2.33. The molecule has 13 fully saturated rings. The van der Waals surface area contributed by atoms with Crippen molar-refractivity contribution in [1.82, 2.24) is 73.9 Å². The lowest BCUT2D eigenvalue weighted by Gasteiger charge is -2.41. The number of nitrogens with one attached hydrogen (secondary N) is 1. The fourth-order valence-electron chi connectivity index (χ4n) is 17.4. The Labute approximate surface area is 832 Å². The van der Waals surface area contributed by atoms with E-state index in [0.29, 0.717) is 60.9 Å². The van der Waals surface area contributed by atoms with Crippen LogP contribution >= 0.6 is 35.3 Å². The molecule has 13 rings (SSSR count). The summed E-state index contributed by atoms with van der Waals surface area (Å²) in [5.41, 5.74) is 4.70. The van der Waals surface area contributed by atoms with E-state index < -0.39 is 0 Å². The van der Waals surface area contributed by atoms with Gasteiger partial charge in [0, 0.05) is 219 Å². The van der Waals surface area contributed by atoms with E-state index in [1.54, 1.807) is 0 Å². The van der Waals surface area contributed by atoms with Crippen molar-refractivity contribution in [2.24, 2.45) is 0 Å². The Bertz CT molecular complexity index is 2330. The molecular weight excluding hydrogens is 1680 g/mol. The van der Waals surface area contributed by atoms with Gasteiger partial charge in [0.05, 0.1) is 39.9 Å². The van der Waals surface area contributed by atoms with Crippen LogP contribution < -0.4 is 5.32 Å². The molecule has 0 atom stereocenters. The molecule has 13 aliphatic rings. The number of ether oxygens (including phenoxy) is 4. The Balaban J connectivity index is 0.000000710. The van der Waals surface area contributed by atoms with Gasteiger partial charge in [0.25, 0.3) is 0 Å². The van der Waals surface area contributed by atoms with E-state index in [4.69, 9.17) is 18.9 Å². The van der Waals surface area contributed by atoms with Crippen LogP contribution in [0.2, 0.25) is 0 Å². The van der Waals surface area contributed by atoms with Gasteiger partial charge in [-0.2, -0.15) is 23.5 Å². The number of likely N-dealkylation sites (N-methyl/N-ethyl adjacent to an activating group) is 1. The van der Waals surface area contributed by atoms with Crippen molar-refractivity contribution in [3.8, 4) is 0 Å². The molecule has 0 amide bonds. The maximum absolute atomic E-state index is 5.46. The van der Waals surface area contributed by atoms with Crippen molar-refractivity contribution in [2.45, 2.75) is 438 Å². The third-order valence-corrected chi connectivity index (χ3v) is 30.2. The van der Waals surface area contributed by atoms with Gasteiger partial charge in [0.15, 0.2) is 0 Å². The van der Waals surface area contributed by atoms with E-state index in [1.165, 1.54) is 275 Å². The first-order valence-electron chi connectivity index (χ1n) is 53.5. The molecule has 0 saturated carbocycles. The minimum Gasteiger partial charge on any atom is -0.380 e. The second-order valence-corrected chi connectivity index (χ2v) is 55.3. The molecule has 19 nitrogen and oxygen atoms in total. The zero-order valence-corrected chi connectivity index (χ0v) is 98.2. The van der Waals surface area contributed by atoms with Gasteiger partial charge in [-0.15, -0.1) is 11.8 Å². The molecule has 0 unspecified atom stereocenters. The maximum Gasteiger partial charge on any atom is 0.0995 e. The standard InChI is InChI=1S/2C9H20N2.2C9H19NO.C9H19NS.2C9H19N.C8H17NO.C8H17NS.2C8H17N.C7H15NO.C7H15NS/c1-9(2,3)11-7-5-10(4)6-8-11;1-9(2,3)11-7-4-5-10-6-8-11;1-9(2,3)10-5-4-7-11-8-6-10;1-9(2,3)10-6-4-5-7-11-8-10;1-9(2,3)10-5-4-7-11-8-6-10;2*1-9(2,3)10-7-5-4-6-8-10;2*1-8(2,3)9-4-6-10-7-5-9;2*1-8(2,3)9-6-4-5-7-9;2*1-7(2,3)8-4-5-9-6-8/h5-8H2,1-4H3;10H,4-8H2,1-3H3;3*4-8H2,1-3H3;2*4-8H2,1-3H3;2*4-7H2,1-3H3;2*4-7H2,1-3H3;2*4-6H2,1-3H3. The summed E-state index contributed by atoms with van der Waals surface area (Å²) < 4.78 is 21.3. The van der Waals surface area contributed by atoms with Crippen LogP contribution in [0.3, 0.4) is 0 Å². The van der Waals surface area contributed by atoms with Crippen molar-refractivity contribution in [2.75, 3.05) is 272 Å². The van der Waals surface area contributed by atoms with Gasteiger partial charge >= 0.3 is 0 Å². The number of morpholine rings is 1. The average molecular weight is 1910 g/mol. The molecule has 0 aromatic heterocycles. The molecule has 13 saturated heterocycles. The topological polar surface area (TPSA) is 94.3 Å². The minimum absolute atomic E-state index is 0.268.